The predicted octanol–water partition coefficient (Wildman–Crippen LogP) is 8.45. The molecule has 0 unspecified atom stereocenters. The summed E-state index contributed by atoms with van der Waals surface area (Å²) in [6.07, 6.45) is 1.98. The van der Waals surface area contributed by atoms with Gasteiger partial charge in [0.1, 0.15) is 0 Å². The van der Waals surface area contributed by atoms with Crippen LogP contribution >= 0.6 is 0 Å². The van der Waals surface area contributed by atoms with Crippen molar-refractivity contribution in [3.05, 3.63) is 114 Å². The van der Waals surface area contributed by atoms with Crippen LogP contribution in [0.2, 0.25) is 0 Å². The maximum Gasteiger partial charge on any atom is 0.159 e. The molecule has 0 radical (unpaired) electrons. The fourth-order valence-electron chi connectivity index (χ4n) is 5.45. The van der Waals surface area contributed by atoms with Gasteiger partial charge < -0.3 is 4.90 Å². The maximum absolute atomic E-state index is 12.2. The summed E-state index contributed by atoms with van der Waals surface area (Å²) in [7, 11) is 0. The lowest BCUT2D eigenvalue weighted by atomic mass is 9.73. The van der Waals surface area contributed by atoms with Crippen molar-refractivity contribution in [1.82, 2.24) is 0 Å². The first-order valence-electron chi connectivity index (χ1n) is 11.8. The van der Waals surface area contributed by atoms with Crippen molar-refractivity contribution in [2.24, 2.45) is 0 Å². The Morgan fingerprint density at radius 2 is 1.18 bits per heavy atom. The number of rotatable bonds is 6. The molecule has 0 N–H and O–H groups in total. The first-order chi connectivity index (χ1) is 16.1. The zero-order valence-corrected chi connectivity index (χ0v) is 19.5. The van der Waals surface area contributed by atoms with E-state index in [0.717, 1.165) is 35.5 Å². The zero-order chi connectivity index (χ0) is 23.0. The van der Waals surface area contributed by atoms with Gasteiger partial charge in [-0.1, -0.05) is 68.4 Å². The van der Waals surface area contributed by atoms with E-state index in [1.165, 1.54) is 22.3 Å². The van der Waals surface area contributed by atoms with E-state index in [0.29, 0.717) is 0 Å². The average Bonchev–Trinajstić information content (AvgIpc) is 3.14. The van der Waals surface area contributed by atoms with E-state index in [4.69, 9.17) is 0 Å². The van der Waals surface area contributed by atoms with Crippen LogP contribution in [0.1, 0.15) is 55.1 Å². The molecule has 0 heterocycles. The molecule has 33 heavy (non-hydrogen) atoms. The number of para-hydroxylation sites is 2. The van der Waals surface area contributed by atoms with Crippen molar-refractivity contribution in [2.45, 2.75) is 39.0 Å². The highest BCUT2D eigenvalue weighted by Gasteiger charge is 2.41. The van der Waals surface area contributed by atoms with E-state index in [-0.39, 0.29) is 11.2 Å². The molecule has 0 bridgehead atoms. The molecule has 0 spiro atoms. The van der Waals surface area contributed by atoms with E-state index in [1.54, 1.807) is 6.92 Å². The third-order valence-electron chi connectivity index (χ3n) is 7.24. The summed E-state index contributed by atoms with van der Waals surface area (Å²) in [5.41, 5.74) is 9.32. The predicted molar refractivity (Wildman–Crippen MR) is 138 cm³/mol. The Bertz CT molecular complexity index is 1260. The summed E-state index contributed by atoms with van der Waals surface area (Å²) in [6.45, 7) is 6.18. The maximum atomic E-state index is 12.2. The number of ketones is 1. The number of Topliss-reactive ketones (excluding diaryl/α,β-unsaturated/α-hetero) is 1. The highest BCUT2D eigenvalue weighted by Crippen LogP contribution is 2.54. The summed E-state index contributed by atoms with van der Waals surface area (Å²) < 4.78 is 0. The van der Waals surface area contributed by atoms with Gasteiger partial charge in [-0.3, -0.25) is 4.79 Å². The summed E-state index contributed by atoms with van der Waals surface area (Å²) >= 11 is 0. The quantitative estimate of drug-likeness (QED) is 0.285. The van der Waals surface area contributed by atoms with Crippen LogP contribution < -0.4 is 4.90 Å². The van der Waals surface area contributed by atoms with Crippen LogP contribution in [0.25, 0.3) is 11.1 Å². The minimum Gasteiger partial charge on any atom is -0.310 e. The van der Waals surface area contributed by atoms with Gasteiger partial charge in [-0.2, -0.15) is 0 Å². The van der Waals surface area contributed by atoms with Crippen molar-refractivity contribution in [3.8, 4) is 11.1 Å². The van der Waals surface area contributed by atoms with Gasteiger partial charge in [0.2, 0.25) is 0 Å². The lowest BCUT2D eigenvalue weighted by Gasteiger charge is -2.32. The Morgan fingerprint density at radius 1 is 0.667 bits per heavy atom. The smallest absolute Gasteiger partial charge is 0.159 e. The number of hydrogen-bond donors (Lipinski definition) is 0. The third kappa shape index (κ3) is 3.38. The van der Waals surface area contributed by atoms with Gasteiger partial charge in [-0.15, -0.1) is 0 Å². The van der Waals surface area contributed by atoms with Gasteiger partial charge in [0.15, 0.2) is 5.78 Å². The monoisotopic (exact) mass is 431 g/mol. The van der Waals surface area contributed by atoms with Crippen molar-refractivity contribution in [3.63, 3.8) is 0 Å². The Kier molecular flexibility index (Phi) is 5.38. The van der Waals surface area contributed by atoms with Gasteiger partial charge in [-0.25, -0.2) is 0 Å². The lowest BCUT2D eigenvalue weighted by Crippen LogP contribution is -2.24. The van der Waals surface area contributed by atoms with Crippen LogP contribution in [-0.4, -0.2) is 5.78 Å². The Hall–Kier alpha value is -3.65. The second-order valence-electron chi connectivity index (χ2n) is 8.84. The minimum atomic E-state index is -0.0921. The highest BCUT2D eigenvalue weighted by molar-refractivity contribution is 5.96. The van der Waals surface area contributed by atoms with Gasteiger partial charge in [-0.05, 0) is 84.5 Å². The molecular formula is C31H29NO. The van der Waals surface area contributed by atoms with Crippen molar-refractivity contribution in [1.29, 1.82) is 0 Å². The molecule has 0 aliphatic heterocycles. The van der Waals surface area contributed by atoms with E-state index < -0.39 is 0 Å². The molecule has 0 aromatic heterocycles. The van der Waals surface area contributed by atoms with Gasteiger partial charge in [0.25, 0.3) is 0 Å². The van der Waals surface area contributed by atoms with E-state index in [2.05, 4.69) is 110 Å². The molecule has 0 fully saturated rings. The number of carbonyl (C=O) groups excluding carboxylic acids is 1. The number of hydrogen-bond acceptors (Lipinski definition) is 2. The minimum absolute atomic E-state index is 0.0921. The molecule has 0 saturated carbocycles. The Morgan fingerprint density at radius 3 is 1.70 bits per heavy atom. The Labute approximate surface area is 196 Å². The van der Waals surface area contributed by atoms with Gasteiger partial charge >= 0.3 is 0 Å². The molecule has 4 aromatic carbocycles. The number of fused-ring (bicyclic) bond motifs is 3. The fraction of sp³-hybridized carbons (Fsp3) is 0.194. The molecule has 0 saturated heterocycles. The Balaban J connectivity index is 1.72. The second-order valence-corrected chi connectivity index (χ2v) is 8.84. The molecule has 5 rings (SSSR count). The molecule has 2 heteroatoms. The van der Waals surface area contributed by atoms with E-state index in [1.807, 2.05) is 6.07 Å². The van der Waals surface area contributed by atoms with Gasteiger partial charge in [0.05, 0.1) is 0 Å². The van der Waals surface area contributed by atoms with Crippen LogP contribution in [0.4, 0.5) is 17.1 Å². The summed E-state index contributed by atoms with van der Waals surface area (Å²) in [4.78, 5) is 14.5. The number of anilines is 3. The van der Waals surface area contributed by atoms with Crippen LogP contribution in [0.15, 0.2) is 97.1 Å². The lowest BCUT2D eigenvalue weighted by molar-refractivity contribution is 0.101. The molecule has 164 valence electrons. The largest absolute Gasteiger partial charge is 0.310 e. The van der Waals surface area contributed by atoms with Crippen LogP contribution in [-0.2, 0) is 5.41 Å². The summed E-state index contributed by atoms with van der Waals surface area (Å²) in [6, 6.07) is 34.2. The third-order valence-corrected chi connectivity index (χ3v) is 7.24. The zero-order valence-electron chi connectivity index (χ0n) is 19.5. The molecule has 4 aromatic rings. The van der Waals surface area contributed by atoms with Crippen molar-refractivity contribution in [2.75, 3.05) is 4.90 Å². The molecule has 2 nitrogen and oxygen atoms in total. The molecule has 0 atom stereocenters. The topological polar surface area (TPSA) is 20.3 Å². The summed E-state index contributed by atoms with van der Waals surface area (Å²) in [5.74, 6) is 0.120. The fourth-order valence-corrected chi connectivity index (χ4v) is 5.45. The first kappa shape index (κ1) is 21.2. The average molecular weight is 432 g/mol. The highest BCUT2D eigenvalue weighted by atomic mass is 16.1. The standard InChI is InChI=1S/C31H29NO/c1-4-31(5-2)29-20-23(22(3)33)16-18-27(29)28-19-17-26(21-30(28)31)32(24-12-8-6-9-13-24)25-14-10-7-11-15-25/h6-21H,4-5H2,1-3H3. The van der Waals surface area contributed by atoms with Crippen molar-refractivity contribution >= 4 is 22.8 Å². The summed E-state index contributed by atoms with van der Waals surface area (Å²) in [5, 5.41) is 0. The second kappa shape index (κ2) is 8.37. The number of benzene rings is 4. The molecule has 0 amide bonds. The normalized spacial score (nSPS) is 13.3. The van der Waals surface area contributed by atoms with Crippen LogP contribution in [0.3, 0.4) is 0 Å². The van der Waals surface area contributed by atoms with Gasteiger partial charge in [0, 0.05) is 28.0 Å². The van der Waals surface area contributed by atoms with Crippen molar-refractivity contribution < 1.29 is 4.79 Å². The SMILES string of the molecule is CCC1(CC)c2cc(C(C)=O)ccc2-c2ccc(N(c3ccccc3)c3ccccc3)cc21. The number of carbonyl (C=O) groups is 1. The molecule has 1 aliphatic carbocycles. The van der Waals surface area contributed by atoms with E-state index in [9.17, 15) is 4.79 Å². The number of nitrogens with zero attached hydrogens (tertiary/aromatic N) is 1. The van der Waals surface area contributed by atoms with Crippen LogP contribution in [0, 0.1) is 0 Å². The van der Waals surface area contributed by atoms with E-state index >= 15 is 0 Å². The molecular weight excluding hydrogens is 402 g/mol. The van der Waals surface area contributed by atoms with Crippen LogP contribution in [0.5, 0.6) is 0 Å². The first-order valence-corrected chi connectivity index (χ1v) is 11.8. The molecule has 1 aliphatic rings.